The summed E-state index contributed by atoms with van der Waals surface area (Å²) in [6.45, 7) is 4.22. The fourth-order valence-electron chi connectivity index (χ4n) is 2.36. The van der Waals surface area contributed by atoms with Gasteiger partial charge in [-0.15, -0.1) is 0 Å². The number of benzene rings is 1. The largest absolute Gasteiger partial charge is 0.342 e. The van der Waals surface area contributed by atoms with Crippen LogP contribution in [-0.2, 0) is 0 Å². The molecule has 94 valence electrons. The molecule has 0 atom stereocenters. The third-order valence-electron chi connectivity index (χ3n) is 3.81. The highest BCUT2D eigenvalue weighted by molar-refractivity contribution is 6.00. The molecule has 3 nitrogen and oxygen atoms in total. The smallest absolute Gasteiger partial charge is 0.166 e. The summed E-state index contributed by atoms with van der Waals surface area (Å²) >= 11 is 0. The van der Waals surface area contributed by atoms with E-state index < -0.39 is 0 Å². The van der Waals surface area contributed by atoms with E-state index in [9.17, 15) is 4.79 Å². The van der Waals surface area contributed by atoms with Crippen LogP contribution in [0.3, 0.4) is 0 Å². The Bertz CT molecular complexity index is 594. The molecule has 0 radical (unpaired) electrons. The topological polar surface area (TPSA) is 45.8 Å². The minimum Gasteiger partial charge on any atom is -0.342 e. The maximum Gasteiger partial charge on any atom is 0.166 e. The van der Waals surface area contributed by atoms with Crippen LogP contribution in [-0.4, -0.2) is 15.8 Å². The number of rotatable bonds is 3. The number of H-pyrrole nitrogens is 1. The summed E-state index contributed by atoms with van der Waals surface area (Å²) in [6.07, 6.45) is 3.30. The van der Waals surface area contributed by atoms with Gasteiger partial charge in [-0.1, -0.05) is 20.3 Å². The quantitative estimate of drug-likeness (QED) is 0.835. The molecule has 18 heavy (non-hydrogen) atoms. The zero-order valence-electron chi connectivity index (χ0n) is 10.9. The van der Waals surface area contributed by atoms with Crippen LogP contribution in [0.1, 0.15) is 55.2 Å². The van der Waals surface area contributed by atoms with Gasteiger partial charge < -0.3 is 4.98 Å². The molecule has 3 heteroatoms. The Kier molecular flexibility index (Phi) is 2.69. The highest BCUT2D eigenvalue weighted by atomic mass is 16.1. The van der Waals surface area contributed by atoms with Crippen LogP contribution in [0.4, 0.5) is 0 Å². The molecule has 0 saturated heterocycles. The van der Waals surface area contributed by atoms with Crippen LogP contribution in [0.2, 0.25) is 0 Å². The van der Waals surface area contributed by atoms with E-state index in [1.165, 1.54) is 6.42 Å². The summed E-state index contributed by atoms with van der Waals surface area (Å²) in [4.78, 5) is 20.0. The molecule has 1 aliphatic rings. The Hall–Kier alpha value is -1.64. The van der Waals surface area contributed by atoms with Gasteiger partial charge in [0.25, 0.3) is 0 Å². The summed E-state index contributed by atoms with van der Waals surface area (Å²) in [6, 6.07) is 5.81. The summed E-state index contributed by atoms with van der Waals surface area (Å²) < 4.78 is 0. The molecule has 1 aliphatic carbocycles. The molecule has 1 aromatic heterocycles. The van der Waals surface area contributed by atoms with E-state index in [-0.39, 0.29) is 5.92 Å². The molecule has 1 saturated carbocycles. The van der Waals surface area contributed by atoms with E-state index in [4.69, 9.17) is 0 Å². The minimum atomic E-state index is 0.259. The van der Waals surface area contributed by atoms with Crippen molar-refractivity contribution in [1.82, 2.24) is 9.97 Å². The summed E-state index contributed by atoms with van der Waals surface area (Å²) in [5, 5.41) is 0. The van der Waals surface area contributed by atoms with Crippen molar-refractivity contribution in [3.8, 4) is 0 Å². The standard InChI is InChI=1S/C15H18N2O/c1-9(2)15-16-12-7-6-11(8-13(12)17-15)14(18)10-4-3-5-10/h6-10H,3-5H2,1-2H3,(H,16,17). The number of carbonyl (C=O) groups excluding carboxylic acids is 1. The van der Waals surface area contributed by atoms with Crippen molar-refractivity contribution < 1.29 is 4.79 Å². The van der Waals surface area contributed by atoms with Crippen molar-refractivity contribution in [2.24, 2.45) is 5.92 Å². The van der Waals surface area contributed by atoms with Gasteiger partial charge in [0.2, 0.25) is 0 Å². The lowest BCUT2D eigenvalue weighted by atomic mass is 9.80. The van der Waals surface area contributed by atoms with Gasteiger partial charge in [0.15, 0.2) is 5.78 Å². The first-order valence-electron chi connectivity index (χ1n) is 6.69. The lowest BCUT2D eigenvalue weighted by Crippen LogP contribution is -2.21. The molecule has 0 unspecified atom stereocenters. The van der Waals surface area contributed by atoms with Crippen LogP contribution in [0.5, 0.6) is 0 Å². The molecule has 1 aromatic carbocycles. The van der Waals surface area contributed by atoms with E-state index in [0.29, 0.717) is 11.7 Å². The van der Waals surface area contributed by atoms with E-state index in [1.54, 1.807) is 0 Å². The number of nitrogens with zero attached hydrogens (tertiary/aromatic N) is 1. The van der Waals surface area contributed by atoms with E-state index >= 15 is 0 Å². The molecule has 0 aliphatic heterocycles. The Morgan fingerprint density at radius 2 is 2.17 bits per heavy atom. The Labute approximate surface area is 107 Å². The van der Waals surface area contributed by atoms with Crippen LogP contribution in [0, 0.1) is 5.92 Å². The predicted molar refractivity (Wildman–Crippen MR) is 71.9 cm³/mol. The summed E-state index contributed by atoms with van der Waals surface area (Å²) in [5.41, 5.74) is 2.75. The zero-order chi connectivity index (χ0) is 12.7. The predicted octanol–water partition coefficient (Wildman–Crippen LogP) is 3.67. The number of ketones is 1. The number of imidazole rings is 1. The number of hydrogen-bond donors (Lipinski definition) is 1. The van der Waals surface area contributed by atoms with Crippen molar-refractivity contribution in [1.29, 1.82) is 0 Å². The minimum absolute atomic E-state index is 0.259. The van der Waals surface area contributed by atoms with E-state index in [1.807, 2.05) is 18.2 Å². The van der Waals surface area contributed by atoms with Crippen molar-refractivity contribution in [3.05, 3.63) is 29.6 Å². The number of nitrogens with one attached hydrogen (secondary N) is 1. The van der Waals surface area contributed by atoms with Gasteiger partial charge in [-0.05, 0) is 31.0 Å². The third-order valence-corrected chi connectivity index (χ3v) is 3.81. The molecule has 0 spiro atoms. The highest BCUT2D eigenvalue weighted by Gasteiger charge is 2.26. The van der Waals surface area contributed by atoms with Gasteiger partial charge in [0.05, 0.1) is 11.0 Å². The average Bonchev–Trinajstić information content (AvgIpc) is 2.69. The van der Waals surface area contributed by atoms with Crippen LogP contribution in [0.25, 0.3) is 11.0 Å². The Morgan fingerprint density at radius 3 is 2.78 bits per heavy atom. The van der Waals surface area contributed by atoms with Crippen molar-refractivity contribution in [2.45, 2.75) is 39.0 Å². The zero-order valence-corrected chi connectivity index (χ0v) is 10.9. The van der Waals surface area contributed by atoms with Gasteiger partial charge in [-0.3, -0.25) is 4.79 Å². The van der Waals surface area contributed by atoms with Crippen molar-refractivity contribution in [3.63, 3.8) is 0 Å². The lowest BCUT2D eigenvalue weighted by molar-refractivity contribution is 0.0855. The van der Waals surface area contributed by atoms with Crippen LogP contribution < -0.4 is 0 Å². The molecule has 3 rings (SSSR count). The maximum atomic E-state index is 12.2. The second-order valence-corrected chi connectivity index (χ2v) is 5.50. The second-order valence-electron chi connectivity index (χ2n) is 5.50. The third kappa shape index (κ3) is 1.84. The average molecular weight is 242 g/mol. The molecule has 0 amide bonds. The number of aromatic nitrogens is 2. The lowest BCUT2D eigenvalue weighted by Gasteiger charge is -2.23. The highest BCUT2D eigenvalue weighted by Crippen LogP contribution is 2.30. The Balaban J connectivity index is 1.97. The molecular formula is C15H18N2O. The number of carbonyl (C=O) groups is 1. The first-order chi connectivity index (χ1) is 8.65. The van der Waals surface area contributed by atoms with Crippen molar-refractivity contribution >= 4 is 16.8 Å². The molecular weight excluding hydrogens is 224 g/mol. The fourth-order valence-corrected chi connectivity index (χ4v) is 2.36. The van der Waals surface area contributed by atoms with Gasteiger partial charge in [-0.2, -0.15) is 0 Å². The number of aromatic amines is 1. The molecule has 1 fully saturated rings. The first kappa shape index (κ1) is 11.5. The fraction of sp³-hybridized carbons (Fsp3) is 0.467. The Morgan fingerprint density at radius 1 is 1.39 bits per heavy atom. The maximum absolute atomic E-state index is 12.2. The molecule has 1 N–H and O–H groups in total. The SMILES string of the molecule is CC(C)c1nc2ccc(C(=O)C3CCC3)cc2[nH]1. The molecule has 0 bridgehead atoms. The molecule has 2 aromatic rings. The van der Waals surface area contributed by atoms with Gasteiger partial charge in [-0.25, -0.2) is 4.98 Å². The van der Waals surface area contributed by atoms with Gasteiger partial charge in [0.1, 0.15) is 5.82 Å². The first-order valence-corrected chi connectivity index (χ1v) is 6.69. The summed E-state index contributed by atoms with van der Waals surface area (Å²) in [5.74, 6) is 1.92. The van der Waals surface area contributed by atoms with Gasteiger partial charge >= 0.3 is 0 Å². The van der Waals surface area contributed by atoms with E-state index in [0.717, 1.165) is 35.3 Å². The summed E-state index contributed by atoms with van der Waals surface area (Å²) in [7, 11) is 0. The van der Waals surface area contributed by atoms with Crippen molar-refractivity contribution in [2.75, 3.05) is 0 Å². The number of fused-ring (bicyclic) bond motifs is 1. The second kappa shape index (κ2) is 4.23. The van der Waals surface area contributed by atoms with Crippen LogP contribution >= 0.6 is 0 Å². The number of hydrogen-bond acceptors (Lipinski definition) is 2. The van der Waals surface area contributed by atoms with Crippen LogP contribution in [0.15, 0.2) is 18.2 Å². The molecule has 1 heterocycles. The van der Waals surface area contributed by atoms with E-state index in [2.05, 4.69) is 23.8 Å². The van der Waals surface area contributed by atoms with Gasteiger partial charge in [0, 0.05) is 17.4 Å². The number of Topliss-reactive ketones (excluding diaryl/α,β-unsaturated/α-hetero) is 1. The monoisotopic (exact) mass is 242 g/mol. The normalized spacial score (nSPS) is 16.2.